The second-order valence-electron chi connectivity index (χ2n) is 6.82. The van der Waals surface area contributed by atoms with Crippen molar-refractivity contribution in [1.82, 2.24) is 10.3 Å². The molecule has 1 atom stereocenters. The van der Waals surface area contributed by atoms with Gasteiger partial charge in [-0.2, -0.15) is 4.91 Å². The molecule has 0 bridgehead atoms. The molecule has 27 heavy (non-hydrogen) atoms. The molecule has 4 rings (SSSR count). The van der Waals surface area contributed by atoms with Gasteiger partial charge in [-0.15, -0.1) is 0 Å². The molecule has 0 fully saturated rings. The van der Waals surface area contributed by atoms with Gasteiger partial charge in [0.1, 0.15) is 0 Å². The number of nitroso groups, excluding NO2 is 1. The number of benzene rings is 1. The number of allylic oxidation sites excluding steroid dienone is 2. The quantitative estimate of drug-likeness (QED) is 0.430. The van der Waals surface area contributed by atoms with Crippen LogP contribution >= 0.6 is 0 Å². The van der Waals surface area contributed by atoms with Crippen molar-refractivity contribution >= 4 is 22.7 Å². The molecule has 0 saturated carbocycles. The molecule has 2 aliphatic rings. The highest BCUT2D eigenvalue weighted by molar-refractivity contribution is 6.07. The second kappa shape index (κ2) is 7.20. The van der Waals surface area contributed by atoms with Crippen LogP contribution in [-0.4, -0.2) is 23.9 Å². The second-order valence-corrected chi connectivity index (χ2v) is 6.82. The predicted molar refractivity (Wildman–Crippen MR) is 105 cm³/mol. The Bertz CT molecular complexity index is 929. The Labute approximate surface area is 156 Å². The predicted octanol–water partition coefficient (Wildman–Crippen LogP) is 3.04. The molecule has 0 spiro atoms. The van der Waals surface area contributed by atoms with E-state index in [1.807, 2.05) is 42.6 Å². The van der Waals surface area contributed by atoms with E-state index in [0.717, 1.165) is 22.6 Å². The molecule has 2 aromatic rings. The number of nitrogens with one attached hydrogen (secondary N) is 2. The molecule has 1 aliphatic heterocycles. The summed E-state index contributed by atoms with van der Waals surface area (Å²) in [5.74, 6) is 6.40. The number of nitrogens with zero attached hydrogens (tertiary/aromatic N) is 2. The molecule has 138 valence electrons. The summed E-state index contributed by atoms with van der Waals surface area (Å²) >= 11 is 0. The lowest BCUT2D eigenvalue weighted by atomic mass is 9.86. The van der Waals surface area contributed by atoms with Gasteiger partial charge in [0.15, 0.2) is 5.78 Å². The third-order valence-corrected chi connectivity index (χ3v) is 5.01. The van der Waals surface area contributed by atoms with Gasteiger partial charge >= 0.3 is 0 Å². The number of rotatable bonds is 5. The fourth-order valence-electron chi connectivity index (χ4n) is 3.76. The topological polar surface area (TPSA) is 104 Å². The summed E-state index contributed by atoms with van der Waals surface area (Å²) in [6.45, 7) is 0.850. The van der Waals surface area contributed by atoms with Crippen molar-refractivity contribution in [3.63, 3.8) is 0 Å². The van der Waals surface area contributed by atoms with Crippen molar-refractivity contribution in [3.8, 4) is 0 Å². The normalized spacial score (nSPS) is 18.5. The number of fused-ring (bicyclic) bond motifs is 1. The Hall–Kier alpha value is -3.19. The van der Waals surface area contributed by atoms with E-state index in [0.29, 0.717) is 30.6 Å². The number of Topliss-reactive ketones (excluding diaryl/α,β-unsaturated/α-hetero) is 1. The van der Waals surface area contributed by atoms with E-state index in [1.54, 1.807) is 5.01 Å². The number of para-hydroxylation sites is 1. The molecule has 1 unspecified atom stereocenters. The molecule has 1 aromatic carbocycles. The van der Waals surface area contributed by atoms with Crippen LogP contribution in [-0.2, 0) is 6.42 Å². The Morgan fingerprint density at radius 2 is 2.04 bits per heavy atom. The van der Waals surface area contributed by atoms with Crippen molar-refractivity contribution < 1.29 is 4.79 Å². The highest BCUT2D eigenvalue weighted by atomic mass is 16.3. The zero-order valence-corrected chi connectivity index (χ0v) is 14.8. The molecular weight excluding hydrogens is 342 g/mol. The lowest BCUT2D eigenvalue weighted by molar-refractivity contribution is 0.0951. The maximum Gasteiger partial charge on any atom is 0.167 e. The van der Waals surface area contributed by atoms with Crippen LogP contribution in [0.3, 0.4) is 0 Å². The number of hydrogen-bond donors (Lipinski definition) is 3. The van der Waals surface area contributed by atoms with E-state index >= 15 is 0 Å². The highest BCUT2D eigenvalue weighted by Crippen LogP contribution is 2.40. The SMILES string of the molecule is NN(c1ccccc1)c1c(C2=CCNC=C2)[nH]c2c1C(=O)CC(CN=O)C2. The molecule has 7 heteroatoms. The third-order valence-electron chi connectivity index (χ3n) is 5.01. The van der Waals surface area contributed by atoms with E-state index in [4.69, 9.17) is 5.84 Å². The first-order valence-corrected chi connectivity index (χ1v) is 8.96. The molecule has 1 aromatic heterocycles. The minimum absolute atomic E-state index is 0.00713. The monoisotopic (exact) mass is 363 g/mol. The minimum atomic E-state index is -0.0673. The molecule has 2 heterocycles. The average Bonchev–Trinajstić information content (AvgIpc) is 3.09. The Morgan fingerprint density at radius 3 is 2.74 bits per heavy atom. The largest absolute Gasteiger partial charge is 0.387 e. The fourth-order valence-corrected chi connectivity index (χ4v) is 3.76. The maximum atomic E-state index is 12.9. The van der Waals surface area contributed by atoms with E-state index in [9.17, 15) is 9.70 Å². The molecule has 0 radical (unpaired) electrons. The Balaban J connectivity index is 1.85. The minimum Gasteiger partial charge on any atom is -0.387 e. The van der Waals surface area contributed by atoms with Crippen molar-refractivity contribution in [2.24, 2.45) is 16.9 Å². The van der Waals surface area contributed by atoms with Crippen LogP contribution in [0, 0.1) is 10.8 Å². The zero-order valence-electron chi connectivity index (χ0n) is 14.8. The first kappa shape index (κ1) is 17.2. The van der Waals surface area contributed by atoms with Gasteiger partial charge in [-0.3, -0.25) is 9.80 Å². The Kier molecular flexibility index (Phi) is 4.60. The summed E-state index contributed by atoms with van der Waals surface area (Å²) in [5.41, 5.74) is 4.70. The lowest BCUT2D eigenvalue weighted by Gasteiger charge is -2.24. The van der Waals surface area contributed by atoms with E-state index < -0.39 is 0 Å². The summed E-state index contributed by atoms with van der Waals surface area (Å²) in [4.78, 5) is 27.0. The first-order chi connectivity index (χ1) is 13.2. The summed E-state index contributed by atoms with van der Waals surface area (Å²) in [6.07, 6.45) is 6.80. The van der Waals surface area contributed by atoms with Gasteiger partial charge < -0.3 is 10.3 Å². The summed E-state index contributed by atoms with van der Waals surface area (Å²) < 4.78 is 0. The van der Waals surface area contributed by atoms with Crippen LogP contribution in [0.2, 0.25) is 0 Å². The molecule has 0 saturated heterocycles. The van der Waals surface area contributed by atoms with E-state index in [-0.39, 0.29) is 18.2 Å². The number of H-pyrrole nitrogens is 1. The highest BCUT2D eigenvalue weighted by Gasteiger charge is 2.34. The summed E-state index contributed by atoms with van der Waals surface area (Å²) in [7, 11) is 0. The van der Waals surface area contributed by atoms with E-state index in [1.165, 1.54) is 0 Å². The van der Waals surface area contributed by atoms with Crippen LogP contribution in [0.25, 0.3) is 5.57 Å². The third kappa shape index (κ3) is 3.17. The van der Waals surface area contributed by atoms with Gasteiger partial charge in [0.2, 0.25) is 0 Å². The number of dihydropyridines is 1. The molecule has 7 nitrogen and oxygen atoms in total. The molecular formula is C20H21N5O2. The number of ketones is 1. The van der Waals surface area contributed by atoms with Gasteiger partial charge in [-0.25, -0.2) is 5.84 Å². The van der Waals surface area contributed by atoms with Gasteiger partial charge in [-0.05, 0) is 42.3 Å². The van der Waals surface area contributed by atoms with Crippen LogP contribution in [0.15, 0.2) is 53.9 Å². The van der Waals surface area contributed by atoms with Crippen LogP contribution in [0.1, 0.15) is 28.2 Å². The van der Waals surface area contributed by atoms with Gasteiger partial charge in [0.25, 0.3) is 0 Å². The molecule has 4 N–H and O–H groups in total. The summed E-state index contributed by atoms with van der Waals surface area (Å²) in [6, 6.07) is 9.55. The zero-order chi connectivity index (χ0) is 18.8. The Morgan fingerprint density at radius 1 is 1.22 bits per heavy atom. The fraction of sp³-hybridized carbons (Fsp3) is 0.250. The van der Waals surface area contributed by atoms with Crippen molar-refractivity contribution in [3.05, 3.63) is 70.5 Å². The maximum absolute atomic E-state index is 12.9. The number of nitrogens with two attached hydrogens (primary N) is 1. The smallest absolute Gasteiger partial charge is 0.167 e. The number of aromatic amines is 1. The number of carbonyl (C=O) groups is 1. The number of aromatic nitrogens is 1. The van der Waals surface area contributed by atoms with Gasteiger partial charge in [0.05, 0.1) is 29.2 Å². The van der Waals surface area contributed by atoms with Crippen molar-refractivity contribution in [2.45, 2.75) is 12.8 Å². The van der Waals surface area contributed by atoms with Crippen molar-refractivity contribution in [2.75, 3.05) is 18.1 Å². The van der Waals surface area contributed by atoms with Crippen LogP contribution in [0.4, 0.5) is 11.4 Å². The first-order valence-electron chi connectivity index (χ1n) is 8.96. The standard InChI is InChI=1S/C20H21N5O2/c21-25(15-4-2-1-3-5-15)20-18-16(10-13(12-23-27)11-17(18)26)24-19(20)14-6-8-22-9-7-14/h1-8,13,22,24H,9-12,21H2. The number of hydrazine groups is 1. The number of hydrogen-bond acceptors (Lipinski definition) is 6. The lowest BCUT2D eigenvalue weighted by Crippen LogP contribution is -2.29. The van der Waals surface area contributed by atoms with Crippen LogP contribution in [0.5, 0.6) is 0 Å². The number of anilines is 2. The number of carbonyl (C=O) groups excluding carboxylic acids is 1. The summed E-state index contributed by atoms with van der Waals surface area (Å²) in [5, 5.41) is 7.68. The van der Waals surface area contributed by atoms with Crippen molar-refractivity contribution in [1.29, 1.82) is 0 Å². The van der Waals surface area contributed by atoms with Gasteiger partial charge in [0, 0.05) is 18.7 Å². The molecule has 0 amide bonds. The van der Waals surface area contributed by atoms with E-state index in [2.05, 4.69) is 21.6 Å². The van der Waals surface area contributed by atoms with Crippen LogP contribution < -0.4 is 16.2 Å². The molecule has 1 aliphatic carbocycles. The average molecular weight is 363 g/mol. The van der Waals surface area contributed by atoms with Gasteiger partial charge in [-0.1, -0.05) is 29.5 Å².